The van der Waals surface area contributed by atoms with Crippen LogP contribution in [0.5, 0.6) is 5.75 Å². The molecule has 0 aromatic heterocycles. The van der Waals surface area contributed by atoms with Gasteiger partial charge in [-0.3, -0.25) is 4.99 Å². The molecule has 0 saturated heterocycles. The fourth-order valence-corrected chi connectivity index (χ4v) is 5.60. The largest absolute Gasteiger partial charge is 0.497 e. The summed E-state index contributed by atoms with van der Waals surface area (Å²) < 4.78 is 5.21. The standard InChI is InChI=1S/C20H27NO/c1-22-19-6-4-15(5-7-19)13-21-14-20-10-16-2-3-17(11-20)9-18(8-16)12-20/h4-7,13,16-18H,2-3,8-12,14H2,1H3/t16-,17-,18?,20?/m0/s1. The SMILES string of the molecule is COc1ccc(C=NCC23CC4C[C@H](CC[C@@H](C4)C2)C3)cc1. The molecular formula is C20H27NO. The fraction of sp³-hybridized carbons (Fsp3) is 0.650. The molecule has 0 heterocycles. The second-order valence-electron chi connectivity index (χ2n) is 8.00. The summed E-state index contributed by atoms with van der Waals surface area (Å²) in [6, 6.07) is 8.21. The number of hydrogen-bond donors (Lipinski definition) is 0. The second-order valence-corrected chi connectivity index (χ2v) is 8.00. The average Bonchev–Trinajstić information content (AvgIpc) is 2.73. The van der Waals surface area contributed by atoms with Crippen molar-refractivity contribution in [1.82, 2.24) is 0 Å². The smallest absolute Gasteiger partial charge is 0.118 e. The number of nitrogens with zero attached hydrogens (tertiary/aromatic N) is 1. The van der Waals surface area contributed by atoms with Crippen molar-refractivity contribution in [2.45, 2.75) is 44.9 Å². The van der Waals surface area contributed by atoms with Gasteiger partial charge in [0, 0.05) is 12.8 Å². The van der Waals surface area contributed by atoms with Crippen molar-refractivity contribution >= 4 is 6.21 Å². The number of rotatable bonds is 4. The van der Waals surface area contributed by atoms with Crippen LogP contribution in [0.2, 0.25) is 0 Å². The third-order valence-corrected chi connectivity index (χ3v) is 6.26. The Labute approximate surface area is 134 Å². The molecule has 0 amide bonds. The molecule has 0 unspecified atom stereocenters. The van der Waals surface area contributed by atoms with Crippen molar-refractivity contribution in [3.05, 3.63) is 29.8 Å². The van der Waals surface area contributed by atoms with Gasteiger partial charge in [-0.2, -0.15) is 0 Å². The van der Waals surface area contributed by atoms with Gasteiger partial charge >= 0.3 is 0 Å². The molecule has 0 N–H and O–H groups in total. The summed E-state index contributed by atoms with van der Waals surface area (Å²) in [4.78, 5) is 4.86. The van der Waals surface area contributed by atoms with Gasteiger partial charge in [0.05, 0.1) is 7.11 Å². The highest BCUT2D eigenvalue weighted by molar-refractivity contribution is 5.79. The van der Waals surface area contributed by atoms with Gasteiger partial charge in [0.15, 0.2) is 0 Å². The van der Waals surface area contributed by atoms with Gasteiger partial charge < -0.3 is 4.74 Å². The molecule has 2 heteroatoms. The molecule has 4 saturated carbocycles. The molecule has 0 aliphatic heterocycles. The molecule has 2 atom stereocenters. The van der Waals surface area contributed by atoms with E-state index in [4.69, 9.17) is 9.73 Å². The lowest BCUT2D eigenvalue weighted by Gasteiger charge is -2.47. The first-order valence-electron chi connectivity index (χ1n) is 8.89. The Morgan fingerprint density at radius 2 is 1.68 bits per heavy atom. The highest BCUT2D eigenvalue weighted by Crippen LogP contribution is 2.57. The molecule has 5 rings (SSSR count). The quantitative estimate of drug-likeness (QED) is 0.737. The second kappa shape index (κ2) is 5.72. The molecule has 4 fully saturated rings. The van der Waals surface area contributed by atoms with Crippen LogP contribution in [0.4, 0.5) is 0 Å². The van der Waals surface area contributed by atoms with Crippen LogP contribution < -0.4 is 4.74 Å². The Balaban J connectivity index is 1.45. The molecule has 0 spiro atoms. The van der Waals surface area contributed by atoms with E-state index < -0.39 is 0 Å². The lowest BCUT2D eigenvalue weighted by molar-refractivity contribution is 0.0428. The van der Waals surface area contributed by atoms with E-state index in [1.807, 2.05) is 12.1 Å². The molecule has 22 heavy (non-hydrogen) atoms. The van der Waals surface area contributed by atoms with Crippen molar-refractivity contribution in [3.63, 3.8) is 0 Å². The predicted molar refractivity (Wildman–Crippen MR) is 90.7 cm³/mol. The van der Waals surface area contributed by atoms with Gasteiger partial charge in [0.2, 0.25) is 0 Å². The third kappa shape index (κ3) is 2.80. The highest BCUT2D eigenvalue weighted by Gasteiger charge is 2.48. The van der Waals surface area contributed by atoms with E-state index in [1.54, 1.807) is 7.11 Å². The topological polar surface area (TPSA) is 21.6 Å². The minimum atomic E-state index is 0.538. The summed E-state index contributed by atoms with van der Waals surface area (Å²) in [5.74, 6) is 3.93. The normalized spacial score (nSPS) is 36.7. The van der Waals surface area contributed by atoms with Crippen molar-refractivity contribution in [3.8, 4) is 5.75 Å². The first-order valence-corrected chi connectivity index (χ1v) is 8.89. The van der Waals surface area contributed by atoms with Crippen LogP contribution in [0.15, 0.2) is 29.3 Å². The maximum Gasteiger partial charge on any atom is 0.118 e. The maximum absolute atomic E-state index is 5.21. The van der Waals surface area contributed by atoms with E-state index in [9.17, 15) is 0 Å². The van der Waals surface area contributed by atoms with Crippen molar-refractivity contribution in [2.24, 2.45) is 28.2 Å². The zero-order chi connectivity index (χ0) is 15.0. The Hall–Kier alpha value is -1.31. The number of ether oxygens (including phenoxy) is 1. The van der Waals surface area contributed by atoms with Crippen molar-refractivity contribution in [1.29, 1.82) is 0 Å². The summed E-state index contributed by atoms with van der Waals surface area (Å²) >= 11 is 0. The van der Waals surface area contributed by atoms with E-state index in [-0.39, 0.29) is 0 Å². The molecule has 0 radical (unpaired) electrons. The zero-order valence-electron chi connectivity index (χ0n) is 13.6. The van der Waals surface area contributed by atoms with Crippen LogP contribution in [0, 0.1) is 23.2 Å². The van der Waals surface area contributed by atoms with E-state index in [2.05, 4.69) is 18.3 Å². The van der Waals surface area contributed by atoms with Gasteiger partial charge in [-0.05, 0) is 85.1 Å². The zero-order valence-corrected chi connectivity index (χ0v) is 13.6. The van der Waals surface area contributed by atoms with Crippen LogP contribution in [-0.4, -0.2) is 19.9 Å². The molecule has 118 valence electrons. The van der Waals surface area contributed by atoms with Crippen LogP contribution in [0.25, 0.3) is 0 Å². The lowest BCUT2D eigenvalue weighted by atomic mass is 9.58. The Morgan fingerprint density at radius 1 is 1.05 bits per heavy atom. The molecule has 4 aliphatic carbocycles. The lowest BCUT2D eigenvalue weighted by Crippen LogP contribution is -2.39. The summed E-state index contributed by atoms with van der Waals surface area (Å²) in [7, 11) is 1.71. The van der Waals surface area contributed by atoms with E-state index >= 15 is 0 Å². The Kier molecular flexibility index (Phi) is 3.71. The van der Waals surface area contributed by atoms with Gasteiger partial charge in [0.1, 0.15) is 5.75 Å². The van der Waals surface area contributed by atoms with Gasteiger partial charge in [-0.1, -0.05) is 12.8 Å². The summed E-state index contributed by atoms with van der Waals surface area (Å²) in [6.07, 6.45) is 12.4. The number of methoxy groups -OCH3 is 1. The Bertz CT molecular complexity index is 531. The van der Waals surface area contributed by atoms with Crippen LogP contribution in [0.3, 0.4) is 0 Å². The monoisotopic (exact) mass is 297 g/mol. The Morgan fingerprint density at radius 3 is 2.32 bits per heavy atom. The van der Waals surface area contributed by atoms with Crippen LogP contribution >= 0.6 is 0 Å². The van der Waals surface area contributed by atoms with Crippen LogP contribution in [0.1, 0.15) is 50.5 Å². The van der Waals surface area contributed by atoms with E-state index in [0.717, 1.165) is 30.0 Å². The van der Waals surface area contributed by atoms with Crippen molar-refractivity contribution in [2.75, 3.05) is 13.7 Å². The molecule has 2 nitrogen and oxygen atoms in total. The maximum atomic E-state index is 5.21. The summed E-state index contributed by atoms with van der Waals surface area (Å²) in [5, 5.41) is 0. The van der Waals surface area contributed by atoms with Crippen LogP contribution in [-0.2, 0) is 0 Å². The van der Waals surface area contributed by atoms with Gasteiger partial charge in [-0.25, -0.2) is 0 Å². The minimum absolute atomic E-state index is 0.538. The predicted octanol–water partition coefficient (Wildman–Crippen LogP) is 4.72. The third-order valence-electron chi connectivity index (χ3n) is 6.26. The number of hydrogen-bond acceptors (Lipinski definition) is 2. The van der Waals surface area contributed by atoms with Gasteiger partial charge in [-0.15, -0.1) is 0 Å². The fourth-order valence-electron chi connectivity index (χ4n) is 5.60. The molecule has 4 bridgehead atoms. The highest BCUT2D eigenvalue weighted by atomic mass is 16.5. The molecular weight excluding hydrogens is 270 g/mol. The number of benzene rings is 1. The van der Waals surface area contributed by atoms with Gasteiger partial charge in [0.25, 0.3) is 0 Å². The summed E-state index contributed by atoms with van der Waals surface area (Å²) in [6.45, 7) is 1.04. The first kappa shape index (κ1) is 14.3. The van der Waals surface area contributed by atoms with Crippen molar-refractivity contribution < 1.29 is 4.74 Å². The molecule has 1 aromatic rings. The van der Waals surface area contributed by atoms with E-state index in [0.29, 0.717) is 5.41 Å². The molecule has 1 aromatic carbocycles. The van der Waals surface area contributed by atoms with E-state index in [1.165, 1.54) is 50.5 Å². The molecule has 4 aliphatic rings. The number of fused-ring (bicyclic) bond motifs is 1. The average molecular weight is 297 g/mol. The minimum Gasteiger partial charge on any atom is -0.497 e. The summed E-state index contributed by atoms with van der Waals surface area (Å²) in [5.41, 5.74) is 1.72. The number of aliphatic imine (C=N–C) groups is 1. The first-order chi connectivity index (χ1) is 10.7.